The predicted molar refractivity (Wildman–Crippen MR) is 121 cm³/mol. The maximum Gasteiger partial charge on any atom is 0.273 e. The number of hydrogen-bond donors (Lipinski definition) is 1. The van der Waals surface area contributed by atoms with Crippen molar-refractivity contribution in [3.05, 3.63) is 70.4 Å². The minimum Gasteiger partial charge on any atom is -0.494 e. The molecule has 0 saturated heterocycles. The average Bonchev–Trinajstić information content (AvgIpc) is 3.32. The monoisotopic (exact) mass is 439 g/mol. The van der Waals surface area contributed by atoms with Gasteiger partial charge in [-0.05, 0) is 42.7 Å². The Labute approximate surface area is 187 Å². The Morgan fingerprint density at radius 3 is 2.71 bits per heavy atom. The fourth-order valence-electron chi connectivity index (χ4n) is 3.98. The van der Waals surface area contributed by atoms with Crippen molar-refractivity contribution in [2.45, 2.75) is 25.8 Å². The van der Waals surface area contributed by atoms with E-state index in [1.165, 1.54) is 0 Å². The van der Waals surface area contributed by atoms with Crippen molar-refractivity contribution in [1.29, 1.82) is 0 Å². The van der Waals surface area contributed by atoms with Crippen LogP contribution in [0.1, 0.15) is 47.4 Å². The lowest BCUT2D eigenvalue weighted by Gasteiger charge is -2.26. The molecule has 3 aromatic rings. The summed E-state index contributed by atoms with van der Waals surface area (Å²) >= 11 is 6.07. The van der Waals surface area contributed by atoms with Gasteiger partial charge in [-0.2, -0.15) is 5.10 Å². The highest BCUT2D eigenvalue weighted by Gasteiger charge is 2.41. The number of carbonyl (C=O) groups excluding carboxylic acids is 1. The molecule has 162 valence electrons. The fraction of sp³-hybridized carbons (Fsp3) is 0.333. The van der Waals surface area contributed by atoms with Crippen molar-refractivity contribution in [3.63, 3.8) is 0 Å². The summed E-state index contributed by atoms with van der Waals surface area (Å²) in [5.41, 5.74) is 4.09. The first-order valence-electron chi connectivity index (χ1n) is 10.5. The van der Waals surface area contributed by atoms with Gasteiger partial charge in [0.2, 0.25) is 0 Å². The third-order valence-corrected chi connectivity index (χ3v) is 5.63. The van der Waals surface area contributed by atoms with Gasteiger partial charge in [0.05, 0.1) is 18.3 Å². The van der Waals surface area contributed by atoms with Gasteiger partial charge in [0, 0.05) is 36.4 Å². The zero-order valence-corrected chi connectivity index (χ0v) is 18.5. The van der Waals surface area contributed by atoms with E-state index in [0.29, 0.717) is 30.5 Å². The van der Waals surface area contributed by atoms with Gasteiger partial charge in [-0.15, -0.1) is 0 Å². The second-order valence-electron chi connectivity index (χ2n) is 7.54. The summed E-state index contributed by atoms with van der Waals surface area (Å²) in [7, 11) is 1.67. The normalized spacial score (nSPS) is 15.4. The molecule has 6 nitrogen and oxygen atoms in total. The van der Waals surface area contributed by atoms with Crippen LogP contribution in [0.5, 0.6) is 5.75 Å². The molecule has 0 aliphatic carbocycles. The Bertz CT molecular complexity index is 1050. The number of carbonyl (C=O) groups is 1. The van der Waals surface area contributed by atoms with E-state index in [1.54, 1.807) is 7.11 Å². The van der Waals surface area contributed by atoms with Gasteiger partial charge in [0.25, 0.3) is 5.91 Å². The summed E-state index contributed by atoms with van der Waals surface area (Å²) in [5, 5.41) is 8.13. The van der Waals surface area contributed by atoms with E-state index in [9.17, 15) is 4.79 Å². The minimum atomic E-state index is -0.256. The van der Waals surface area contributed by atoms with Crippen molar-refractivity contribution in [1.82, 2.24) is 15.1 Å². The van der Waals surface area contributed by atoms with Gasteiger partial charge >= 0.3 is 0 Å². The molecule has 0 fully saturated rings. The number of aromatic amines is 1. The number of aromatic nitrogens is 2. The summed E-state index contributed by atoms with van der Waals surface area (Å²) in [6, 6.07) is 15.2. The highest BCUT2D eigenvalue weighted by Crippen LogP contribution is 2.43. The van der Waals surface area contributed by atoms with E-state index in [-0.39, 0.29) is 11.9 Å². The lowest BCUT2D eigenvalue weighted by Crippen LogP contribution is -2.31. The SMILES string of the molecule is CCCOc1cccc(C2c3c(-c4ccc(Cl)cc4)n[nH]c3C(=O)N2CCCOC)c1. The lowest BCUT2D eigenvalue weighted by atomic mass is 9.96. The van der Waals surface area contributed by atoms with E-state index in [0.717, 1.165) is 41.0 Å². The van der Waals surface area contributed by atoms with Gasteiger partial charge < -0.3 is 14.4 Å². The summed E-state index contributed by atoms with van der Waals surface area (Å²) < 4.78 is 11.1. The number of nitrogens with zero attached hydrogens (tertiary/aromatic N) is 2. The highest BCUT2D eigenvalue weighted by atomic mass is 35.5. The quantitative estimate of drug-likeness (QED) is 0.471. The summed E-state index contributed by atoms with van der Waals surface area (Å²) in [5.74, 6) is 0.748. The van der Waals surface area contributed by atoms with Crippen LogP contribution in [0, 0.1) is 0 Å². The molecule has 1 N–H and O–H groups in total. The molecule has 1 aliphatic rings. The van der Waals surface area contributed by atoms with Crippen molar-refractivity contribution in [2.75, 3.05) is 26.9 Å². The van der Waals surface area contributed by atoms with Crippen LogP contribution >= 0.6 is 11.6 Å². The second kappa shape index (κ2) is 9.54. The van der Waals surface area contributed by atoms with Gasteiger partial charge in [0.15, 0.2) is 0 Å². The third-order valence-electron chi connectivity index (χ3n) is 5.38. The molecule has 0 saturated carbocycles. The number of methoxy groups -OCH3 is 1. The lowest BCUT2D eigenvalue weighted by molar-refractivity contribution is 0.0723. The first-order chi connectivity index (χ1) is 15.1. The smallest absolute Gasteiger partial charge is 0.273 e. The zero-order valence-electron chi connectivity index (χ0n) is 17.7. The van der Waals surface area contributed by atoms with Gasteiger partial charge in [0.1, 0.15) is 11.4 Å². The maximum atomic E-state index is 13.3. The van der Waals surface area contributed by atoms with E-state index >= 15 is 0 Å². The molecular weight excluding hydrogens is 414 g/mol. The number of hydrogen-bond acceptors (Lipinski definition) is 4. The Morgan fingerprint density at radius 1 is 1.16 bits per heavy atom. The van der Waals surface area contributed by atoms with E-state index in [2.05, 4.69) is 17.1 Å². The van der Waals surface area contributed by atoms with Crippen LogP contribution in [0.2, 0.25) is 5.02 Å². The Kier molecular flexibility index (Phi) is 6.59. The molecule has 31 heavy (non-hydrogen) atoms. The van der Waals surface area contributed by atoms with Crippen molar-refractivity contribution in [2.24, 2.45) is 0 Å². The first kappa shape index (κ1) is 21.4. The van der Waals surface area contributed by atoms with Crippen LogP contribution in [0.25, 0.3) is 11.3 Å². The molecule has 4 rings (SSSR count). The first-order valence-corrected chi connectivity index (χ1v) is 10.9. The molecular formula is C24H26ClN3O3. The van der Waals surface area contributed by atoms with Gasteiger partial charge in [-0.25, -0.2) is 0 Å². The van der Waals surface area contributed by atoms with Crippen LogP contribution in [0.4, 0.5) is 0 Å². The summed E-state index contributed by atoms with van der Waals surface area (Å²) in [6.45, 7) is 3.90. The molecule has 7 heteroatoms. The number of rotatable bonds is 9. The molecule has 1 atom stereocenters. The molecule has 0 spiro atoms. The minimum absolute atomic E-state index is 0.0521. The zero-order chi connectivity index (χ0) is 21.8. The number of ether oxygens (including phenoxy) is 2. The summed E-state index contributed by atoms with van der Waals surface area (Å²) in [4.78, 5) is 15.2. The van der Waals surface area contributed by atoms with Crippen LogP contribution in [-0.4, -0.2) is 47.9 Å². The largest absolute Gasteiger partial charge is 0.494 e. The number of benzene rings is 2. The molecule has 1 aromatic heterocycles. The molecule has 1 unspecified atom stereocenters. The van der Waals surface area contributed by atoms with E-state index < -0.39 is 0 Å². The predicted octanol–water partition coefficient (Wildman–Crippen LogP) is 5.10. The van der Waals surface area contributed by atoms with Crippen LogP contribution in [0.15, 0.2) is 48.5 Å². The number of halogens is 1. The summed E-state index contributed by atoms with van der Waals surface area (Å²) in [6.07, 6.45) is 1.68. The molecule has 1 amide bonds. The van der Waals surface area contributed by atoms with E-state index in [1.807, 2.05) is 53.4 Å². The molecule has 0 radical (unpaired) electrons. The molecule has 1 aliphatic heterocycles. The number of fused-ring (bicyclic) bond motifs is 1. The highest BCUT2D eigenvalue weighted by molar-refractivity contribution is 6.30. The number of H-pyrrole nitrogens is 1. The van der Waals surface area contributed by atoms with Gasteiger partial charge in [-0.1, -0.05) is 42.8 Å². The average molecular weight is 440 g/mol. The number of nitrogens with one attached hydrogen (secondary N) is 1. The Hall–Kier alpha value is -2.83. The van der Waals surface area contributed by atoms with Crippen molar-refractivity contribution in [3.8, 4) is 17.0 Å². The van der Waals surface area contributed by atoms with Crippen molar-refractivity contribution >= 4 is 17.5 Å². The fourth-order valence-corrected chi connectivity index (χ4v) is 4.10. The number of amides is 1. The standard InChI is InChI=1S/C24H26ClN3O3/c1-3-13-31-19-7-4-6-17(15-19)23-20-21(16-8-10-18(25)11-9-16)26-27-22(20)24(29)28(23)12-5-14-30-2/h4,6-11,15,23H,3,5,12-14H2,1-2H3,(H,26,27). The maximum absolute atomic E-state index is 13.3. The van der Waals surface area contributed by atoms with Crippen molar-refractivity contribution < 1.29 is 14.3 Å². The topological polar surface area (TPSA) is 67.5 Å². The Morgan fingerprint density at radius 2 is 1.97 bits per heavy atom. The van der Waals surface area contributed by atoms with Gasteiger partial charge in [-0.3, -0.25) is 9.89 Å². The van der Waals surface area contributed by atoms with Crippen LogP contribution in [0.3, 0.4) is 0 Å². The van der Waals surface area contributed by atoms with E-state index in [4.69, 9.17) is 21.1 Å². The molecule has 0 bridgehead atoms. The van der Waals surface area contributed by atoms with Crippen LogP contribution in [-0.2, 0) is 4.74 Å². The van der Waals surface area contributed by atoms with Crippen LogP contribution < -0.4 is 4.74 Å². The third kappa shape index (κ3) is 4.31. The second-order valence-corrected chi connectivity index (χ2v) is 7.97. The Balaban J connectivity index is 1.78. The molecule has 2 heterocycles. The molecule has 2 aromatic carbocycles.